The molecule has 106 valence electrons. The first-order valence-electron chi connectivity index (χ1n) is 6.08. The Hall–Kier alpha value is -1.33. The Morgan fingerprint density at radius 3 is 2.20 bits per heavy atom. The van der Waals surface area contributed by atoms with Crippen molar-refractivity contribution < 1.29 is 12.6 Å². The first kappa shape index (κ1) is 15.1. The monoisotopic (exact) mass is 354 g/mol. The summed E-state index contributed by atoms with van der Waals surface area (Å²) in [6.07, 6.45) is 0. The predicted octanol–water partition coefficient (Wildman–Crippen LogP) is 4.14. The Kier molecular flexibility index (Phi) is 4.20. The van der Waals surface area contributed by atoms with Gasteiger partial charge in [0, 0.05) is 0 Å². The Labute approximate surface area is 127 Å². The Morgan fingerprint density at radius 2 is 1.55 bits per heavy atom. The smallest absolute Gasteiger partial charge is 0.339 e. The zero-order valence-electron chi connectivity index (χ0n) is 11.5. The molecule has 0 saturated heterocycles. The minimum atomic E-state index is -3.84. The SMILES string of the molecule is Cc1cc(C)c(S(=O)(=O)Oc2ccccc2Br)cc1C. The lowest BCUT2D eigenvalue weighted by Gasteiger charge is -2.12. The first-order chi connectivity index (χ1) is 9.31. The van der Waals surface area contributed by atoms with Gasteiger partial charge in [0.2, 0.25) is 0 Å². The molecular formula is C15H15BrO3S. The van der Waals surface area contributed by atoms with Gasteiger partial charge in [0.05, 0.1) is 4.47 Å². The molecule has 0 aliphatic carbocycles. The second kappa shape index (κ2) is 5.58. The molecule has 0 aromatic heterocycles. The molecule has 0 aliphatic rings. The van der Waals surface area contributed by atoms with E-state index in [0.717, 1.165) is 11.1 Å². The summed E-state index contributed by atoms with van der Waals surface area (Å²) in [6.45, 7) is 5.60. The van der Waals surface area contributed by atoms with Crippen LogP contribution in [0.2, 0.25) is 0 Å². The lowest BCUT2D eigenvalue weighted by molar-refractivity contribution is 0.484. The highest BCUT2D eigenvalue weighted by atomic mass is 79.9. The van der Waals surface area contributed by atoms with Crippen LogP contribution in [-0.4, -0.2) is 8.42 Å². The summed E-state index contributed by atoms with van der Waals surface area (Å²) in [5.74, 6) is 0.283. The van der Waals surface area contributed by atoms with Crippen molar-refractivity contribution in [1.82, 2.24) is 0 Å². The van der Waals surface area contributed by atoms with Crippen LogP contribution in [0.1, 0.15) is 16.7 Å². The molecule has 0 fully saturated rings. The molecule has 5 heteroatoms. The van der Waals surface area contributed by atoms with Gasteiger partial charge in [0.25, 0.3) is 0 Å². The van der Waals surface area contributed by atoms with Crippen LogP contribution in [0.3, 0.4) is 0 Å². The largest absolute Gasteiger partial charge is 0.378 e. The lowest BCUT2D eigenvalue weighted by Crippen LogP contribution is -2.12. The standard InChI is InChI=1S/C15H15BrO3S/c1-10-8-12(3)15(9-11(10)2)20(17,18)19-14-7-5-4-6-13(14)16/h4-9H,1-3H3. The van der Waals surface area contributed by atoms with Gasteiger partial charge >= 0.3 is 10.1 Å². The number of rotatable bonds is 3. The van der Waals surface area contributed by atoms with Crippen molar-refractivity contribution in [1.29, 1.82) is 0 Å². The summed E-state index contributed by atoms with van der Waals surface area (Å²) in [7, 11) is -3.84. The summed E-state index contributed by atoms with van der Waals surface area (Å²) in [6, 6.07) is 10.4. The number of hydrogen-bond acceptors (Lipinski definition) is 3. The zero-order chi connectivity index (χ0) is 14.9. The van der Waals surface area contributed by atoms with Crippen LogP contribution in [0.15, 0.2) is 45.8 Å². The molecule has 0 unspecified atom stereocenters. The van der Waals surface area contributed by atoms with Gasteiger partial charge in [0.1, 0.15) is 4.90 Å². The van der Waals surface area contributed by atoms with Crippen LogP contribution in [0, 0.1) is 20.8 Å². The normalized spacial score (nSPS) is 11.4. The third kappa shape index (κ3) is 3.04. The van der Waals surface area contributed by atoms with Gasteiger partial charge in [-0.2, -0.15) is 8.42 Å². The molecule has 3 nitrogen and oxygen atoms in total. The number of halogens is 1. The van der Waals surface area contributed by atoms with Crippen LogP contribution in [0.5, 0.6) is 5.75 Å². The Morgan fingerprint density at radius 1 is 0.950 bits per heavy atom. The molecule has 2 rings (SSSR count). The number of para-hydroxylation sites is 1. The van der Waals surface area contributed by atoms with E-state index in [2.05, 4.69) is 15.9 Å². The summed E-state index contributed by atoms with van der Waals surface area (Å²) in [5.41, 5.74) is 2.66. The fraction of sp³-hybridized carbons (Fsp3) is 0.200. The van der Waals surface area contributed by atoms with Gasteiger partial charge < -0.3 is 4.18 Å². The maximum atomic E-state index is 12.4. The van der Waals surface area contributed by atoms with Gasteiger partial charge in [0.15, 0.2) is 5.75 Å². The van der Waals surface area contributed by atoms with E-state index in [0.29, 0.717) is 10.0 Å². The van der Waals surface area contributed by atoms with Gasteiger partial charge in [-0.3, -0.25) is 0 Å². The summed E-state index contributed by atoms with van der Waals surface area (Å²) in [4.78, 5) is 0.205. The minimum absolute atomic E-state index is 0.205. The van der Waals surface area contributed by atoms with Crippen molar-refractivity contribution in [2.45, 2.75) is 25.7 Å². The molecule has 0 amide bonds. The number of aryl methyl sites for hydroxylation is 3. The highest BCUT2D eigenvalue weighted by Gasteiger charge is 2.21. The predicted molar refractivity (Wildman–Crippen MR) is 82.6 cm³/mol. The van der Waals surface area contributed by atoms with Gasteiger partial charge in [-0.05, 0) is 71.6 Å². The molecule has 0 spiro atoms. The average molecular weight is 355 g/mol. The topological polar surface area (TPSA) is 43.4 Å². The Balaban J connectivity index is 2.47. The molecule has 2 aromatic rings. The first-order valence-corrected chi connectivity index (χ1v) is 8.28. The van der Waals surface area contributed by atoms with Crippen molar-refractivity contribution in [2.24, 2.45) is 0 Å². The molecule has 0 heterocycles. The van der Waals surface area contributed by atoms with Crippen LogP contribution in [-0.2, 0) is 10.1 Å². The van der Waals surface area contributed by atoms with Crippen LogP contribution in [0.4, 0.5) is 0 Å². The van der Waals surface area contributed by atoms with E-state index >= 15 is 0 Å². The van der Waals surface area contributed by atoms with E-state index in [1.807, 2.05) is 19.9 Å². The molecule has 0 saturated carbocycles. The number of hydrogen-bond donors (Lipinski definition) is 0. The van der Waals surface area contributed by atoms with E-state index in [1.165, 1.54) is 0 Å². The summed E-state index contributed by atoms with van der Waals surface area (Å²) >= 11 is 3.28. The molecule has 2 aromatic carbocycles. The maximum absolute atomic E-state index is 12.4. The van der Waals surface area contributed by atoms with Crippen LogP contribution >= 0.6 is 15.9 Å². The second-order valence-corrected chi connectivity index (χ2v) is 7.04. The zero-order valence-corrected chi connectivity index (χ0v) is 13.9. The maximum Gasteiger partial charge on any atom is 0.339 e. The van der Waals surface area contributed by atoms with Gasteiger partial charge in [-0.25, -0.2) is 0 Å². The van der Waals surface area contributed by atoms with E-state index < -0.39 is 10.1 Å². The van der Waals surface area contributed by atoms with E-state index in [4.69, 9.17) is 4.18 Å². The fourth-order valence-electron chi connectivity index (χ4n) is 1.88. The summed E-state index contributed by atoms with van der Waals surface area (Å²) in [5, 5.41) is 0. The van der Waals surface area contributed by atoms with Crippen LogP contribution < -0.4 is 4.18 Å². The highest BCUT2D eigenvalue weighted by Crippen LogP contribution is 2.29. The van der Waals surface area contributed by atoms with Crippen molar-refractivity contribution >= 4 is 26.0 Å². The van der Waals surface area contributed by atoms with Gasteiger partial charge in [-0.1, -0.05) is 18.2 Å². The molecular weight excluding hydrogens is 340 g/mol. The molecule has 0 radical (unpaired) electrons. The van der Waals surface area contributed by atoms with Gasteiger partial charge in [-0.15, -0.1) is 0 Å². The van der Waals surface area contributed by atoms with Crippen molar-refractivity contribution in [3.8, 4) is 5.75 Å². The number of benzene rings is 2. The third-order valence-electron chi connectivity index (χ3n) is 3.10. The van der Waals surface area contributed by atoms with E-state index in [9.17, 15) is 8.42 Å². The van der Waals surface area contributed by atoms with Crippen molar-refractivity contribution in [3.63, 3.8) is 0 Å². The van der Waals surface area contributed by atoms with E-state index in [1.54, 1.807) is 37.3 Å². The molecule has 20 heavy (non-hydrogen) atoms. The average Bonchev–Trinajstić information content (AvgIpc) is 2.36. The van der Waals surface area contributed by atoms with Crippen molar-refractivity contribution in [3.05, 3.63) is 57.6 Å². The highest BCUT2D eigenvalue weighted by molar-refractivity contribution is 9.10. The van der Waals surface area contributed by atoms with E-state index in [-0.39, 0.29) is 10.6 Å². The Bertz CT molecular complexity index is 752. The lowest BCUT2D eigenvalue weighted by atomic mass is 10.1. The quantitative estimate of drug-likeness (QED) is 0.777. The molecule has 0 bridgehead atoms. The van der Waals surface area contributed by atoms with Crippen molar-refractivity contribution in [2.75, 3.05) is 0 Å². The fourth-order valence-corrected chi connectivity index (χ4v) is 3.60. The minimum Gasteiger partial charge on any atom is -0.378 e. The molecule has 0 N–H and O–H groups in total. The second-order valence-electron chi connectivity index (χ2n) is 4.67. The molecule has 0 aliphatic heterocycles. The van der Waals surface area contributed by atoms with Crippen LogP contribution in [0.25, 0.3) is 0 Å². The molecule has 0 atom stereocenters. The summed E-state index contributed by atoms with van der Waals surface area (Å²) < 4.78 is 30.6. The third-order valence-corrected chi connectivity index (χ3v) is 5.13.